The lowest BCUT2D eigenvalue weighted by Gasteiger charge is -2.31. The van der Waals surface area contributed by atoms with Crippen molar-refractivity contribution in [3.8, 4) is 0 Å². The number of urea groups is 1. The number of hydrogen-bond donors (Lipinski definition) is 1. The maximum atomic E-state index is 14.1. The lowest BCUT2D eigenvalue weighted by Crippen LogP contribution is -2.47. The van der Waals surface area contributed by atoms with Crippen molar-refractivity contribution in [2.75, 3.05) is 9.80 Å². The highest BCUT2D eigenvalue weighted by atomic mass is 16.3. The molecule has 1 aliphatic heterocycles. The Morgan fingerprint density at radius 2 is 1.11 bits per heavy atom. The van der Waals surface area contributed by atoms with Crippen LogP contribution in [0.5, 0.6) is 0 Å². The summed E-state index contributed by atoms with van der Waals surface area (Å²) in [6, 6.07) is 34.8. The van der Waals surface area contributed by atoms with Gasteiger partial charge in [0.15, 0.2) is 0 Å². The van der Waals surface area contributed by atoms with Crippen molar-refractivity contribution in [1.82, 2.24) is 0 Å². The van der Waals surface area contributed by atoms with E-state index in [1.165, 1.54) is 4.90 Å². The van der Waals surface area contributed by atoms with Gasteiger partial charge in [0.1, 0.15) is 0 Å². The zero-order valence-electron chi connectivity index (χ0n) is 19.1. The highest BCUT2D eigenvalue weighted by Crippen LogP contribution is 2.45. The lowest BCUT2D eigenvalue weighted by molar-refractivity contribution is -0.133. The average molecular weight is 469 g/mol. The molecule has 1 unspecified atom stereocenters. The van der Waals surface area contributed by atoms with Gasteiger partial charge in [-0.2, -0.15) is 0 Å². The molecule has 3 amide bonds. The predicted molar refractivity (Wildman–Crippen MR) is 142 cm³/mol. The van der Waals surface area contributed by atoms with E-state index in [1.807, 2.05) is 42.5 Å². The van der Waals surface area contributed by atoms with Gasteiger partial charge in [-0.05, 0) is 56.6 Å². The molecule has 6 aromatic rings. The van der Waals surface area contributed by atoms with E-state index < -0.39 is 17.7 Å². The molecule has 5 nitrogen and oxygen atoms in total. The van der Waals surface area contributed by atoms with Crippen molar-refractivity contribution < 1.29 is 14.7 Å². The van der Waals surface area contributed by atoms with E-state index in [9.17, 15) is 14.7 Å². The molecule has 0 spiro atoms. The van der Waals surface area contributed by atoms with Crippen LogP contribution in [0.2, 0.25) is 0 Å². The fourth-order valence-electron chi connectivity index (χ4n) is 5.53. The number of aliphatic hydroxyl groups is 1. The van der Waals surface area contributed by atoms with E-state index in [2.05, 4.69) is 18.2 Å². The van der Waals surface area contributed by atoms with Crippen molar-refractivity contribution in [3.63, 3.8) is 0 Å². The average Bonchev–Trinajstić information content (AvgIpc) is 3.13. The first-order chi connectivity index (χ1) is 17.6. The largest absolute Gasteiger partial charge is 0.359 e. The number of amides is 3. The Kier molecular flexibility index (Phi) is 4.23. The fourth-order valence-corrected chi connectivity index (χ4v) is 5.53. The van der Waals surface area contributed by atoms with Crippen LogP contribution < -0.4 is 9.80 Å². The summed E-state index contributed by atoms with van der Waals surface area (Å²) in [6.45, 7) is 0. The third-order valence-corrected chi connectivity index (χ3v) is 7.14. The van der Waals surface area contributed by atoms with E-state index in [0.29, 0.717) is 16.9 Å². The third kappa shape index (κ3) is 2.63. The van der Waals surface area contributed by atoms with Crippen LogP contribution in [0, 0.1) is 0 Å². The molecule has 172 valence electrons. The van der Waals surface area contributed by atoms with Gasteiger partial charge >= 0.3 is 6.03 Å². The number of carbonyl (C=O) groups excluding carboxylic acids is 2. The Balaban J connectivity index is 1.55. The van der Waals surface area contributed by atoms with Crippen LogP contribution in [0.25, 0.3) is 32.3 Å². The second kappa shape index (κ2) is 7.38. The van der Waals surface area contributed by atoms with Gasteiger partial charge in [0.2, 0.25) is 0 Å². The number of para-hydroxylation sites is 2. The van der Waals surface area contributed by atoms with Gasteiger partial charge in [-0.3, -0.25) is 9.69 Å². The third-order valence-electron chi connectivity index (χ3n) is 7.14. The molecule has 0 radical (unpaired) electrons. The van der Waals surface area contributed by atoms with Crippen LogP contribution in [0.15, 0.2) is 115 Å². The number of anilines is 2. The summed E-state index contributed by atoms with van der Waals surface area (Å²) >= 11 is 0. The molecule has 0 aliphatic carbocycles. The minimum atomic E-state index is -2.24. The molecule has 7 rings (SSSR count). The van der Waals surface area contributed by atoms with Gasteiger partial charge in [0.05, 0.1) is 5.69 Å². The minimum Gasteiger partial charge on any atom is -0.359 e. The van der Waals surface area contributed by atoms with Gasteiger partial charge in [0, 0.05) is 11.3 Å². The zero-order chi connectivity index (χ0) is 24.4. The second-order valence-corrected chi connectivity index (χ2v) is 9.07. The second-order valence-electron chi connectivity index (χ2n) is 9.07. The topological polar surface area (TPSA) is 60.9 Å². The Morgan fingerprint density at radius 1 is 0.556 bits per heavy atom. The number of carbonyl (C=O) groups is 2. The van der Waals surface area contributed by atoms with Crippen molar-refractivity contribution in [3.05, 3.63) is 121 Å². The highest BCUT2D eigenvalue weighted by molar-refractivity contribution is 6.31. The number of imide groups is 1. The molecule has 0 bridgehead atoms. The predicted octanol–water partition coefficient (Wildman–Crippen LogP) is 6.40. The molecule has 1 N–H and O–H groups in total. The standard InChI is InChI=1S/C31H20N2O3/c34-29-31(36,33(24-12-5-2-6-13-24)30(35)32(29)23-10-3-1-4-11-23)26-19-17-22-15-14-20-8-7-9-21-16-18-25(26)28(22)27(20)21/h1-19,36H. The van der Waals surface area contributed by atoms with E-state index >= 15 is 0 Å². The minimum absolute atomic E-state index is 0.369. The van der Waals surface area contributed by atoms with E-state index in [-0.39, 0.29) is 0 Å². The SMILES string of the molecule is O=C1N(c2ccccc2)C(=O)C(O)(c2ccc3ccc4cccc5ccc2c3c45)N1c1ccccc1. The maximum absolute atomic E-state index is 14.1. The number of hydrogen-bond acceptors (Lipinski definition) is 3. The molecular formula is C31H20N2O3. The summed E-state index contributed by atoms with van der Waals surface area (Å²) in [5.74, 6) is -0.711. The summed E-state index contributed by atoms with van der Waals surface area (Å²) < 4.78 is 0. The summed E-state index contributed by atoms with van der Waals surface area (Å²) in [5.41, 5.74) is -1.03. The van der Waals surface area contributed by atoms with Crippen molar-refractivity contribution in [2.24, 2.45) is 0 Å². The summed E-state index contributed by atoms with van der Waals surface area (Å²) in [5, 5.41) is 18.3. The van der Waals surface area contributed by atoms with Gasteiger partial charge in [-0.1, -0.05) is 91.0 Å². The molecule has 1 aliphatic rings. The number of benzene rings is 6. The quantitative estimate of drug-likeness (QED) is 0.241. The number of nitrogens with zero attached hydrogens (tertiary/aromatic N) is 2. The normalized spacial score (nSPS) is 18.2. The summed E-state index contributed by atoms with van der Waals surface area (Å²) in [4.78, 5) is 30.2. The number of rotatable bonds is 3. The molecule has 1 saturated heterocycles. The van der Waals surface area contributed by atoms with Crippen LogP contribution in [-0.4, -0.2) is 17.0 Å². The van der Waals surface area contributed by atoms with Gasteiger partial charge in [-0.15, -0.1) is 0 Å². The summed E-state index contributed by atoms with van der Waals surface area (Å²) in [7, 11) is 0. The van der Waals surface area contributed by atoms with E-state index in [0.717, 1.165) is 37.2 Å². The van der Waals surface area contributed by atoms with Crippen LogP contribution >= 0.6 is 0 Å². The van der Waals surface area contributed by atoms with Crippen LogP contribution in [0.1, 0.15) is 5.56 Å². The van der Waals surface area contributed by atoms with Crippen molar-refractivity contribution in [2.45, 2.75) is 5.72 Å². The smallest absolute Gasteiger partial charge is 0.339 e. The first-order valence-electron chi connectivity index (χ1n) is 11.8. The van der Waals surface area contributed by atoms with E-state index in [1.54, 1.807) is 54.6 Å². The van der Waals surface area contributed by atoms with Crippen LogP contribution in [-0.2, 0) is 10.5 Å². The molecule has 1 fully saturated rings. The molecule has 36 heavy (non-hydrogen) atoms. The van der Waals surface area contributed by atoms with E-state index in [4.69, 9.17) is 0 Å². The first-order valence-corrected chi connectivity index (χ1v) is 11.8. The molecular weight excluding hydrogens is 448 g/mol. The van der Waals surface area contributed by atoms with Crippen molar-refractivity contribution in [1.29, 1.82) is 0 Å². The molecule has 0 saturated carbocycles. The monoisotopic (exact) mass is 468 g/mol. The first kappa shape index (κ1) is 20.6. The molecule has 6 aromatic carbocycles. The lowest BCUT2D eigenvalue weighted by atomic mass is 9.88. The van der Waals surface area contributed by atoms with Crippen LogP contribution in [0.3, 0.4) is 0 Å². The Bertz CT molecular complexity index is 1780. The molecule has 1 atom stereocenters. The highest BCUT2D eigenvalue weighted by Gasteiger charge is 2.59. The van der Waals surface area contributed by atoms with Crippen LogP contribution in [0.4, 0.5) is 16.2 Å². The Hall–Kier alpha value is -4.74. The Labute approximate surface area is 206 Å². The van der Waals surface area contributed by atoms with Crippen molar-refractivity contribution >= 4 is 55.6 Å². The van der Waals surface area contributed by atoms with Gasteiger partial charge in [-0.25, -0.2) is 9.69 Å². The fraction of sp³-hybridized carbons (Fsp3) is 0.0323. The maximum Gasteiger partial charge on any atom is 0.339 e. The zero-order valence-corrected chi connectivity index (χ0v) is 19.1. The Morgan fingerprint density at radius 3 is 1.78 bits per heavy atom. The molecule has 0 aromatic heterocycles. The van der Waals surface area contributed by atoms with Gasteiger partial charge in [0.25, 0.3) is 11.6 Å². The molecule has 1 heterocycles. The summed E-state index contributed by atoms with van der Waals surface area (Å²) in [6.07, 6.45) is 0. The molecule has 5 heteroatoms. The van der Waals surface area contributed by atoms with Gasteiger partial charge < -0.3 is 5.11 Å².